The first kappa shape index (κ1) is 14.5. The number of hydrogen-bond acceptors (Lipinski definition) is 3. The van der Waals surface area contributed by atoms with Gasteiger partial charge in [-0.3, -0.25) is 9.88 Å². The summed E-state index contributed by atoms with van der Waals surface area (Å²) in [6, 6.07) is 6.17. The highest BCUT2D eigenvalue weighted by atomic mass is 15.1. The van der Waals surface area contributed by atoms with Crippen molar-refractivity contribution in [2.24, 2.45) is 5.41 Å². The van der Waals surface area contributed by atoms with Gasteiger partial charge in [-0.1, -0.05) is 19.4 Å². The lowest BCUT2D eigenvalue weighted by molar-refractivity contribution is 0.112. The van der Waals surface area contributed by atoms with Gasteiger partial charge in [0, 0.05) is 19.3 Å². The molecule has 3 nitrogen and oxygen atoms in total. The summed E-state index contributed by atoms with van der Waals surface area (Å²) in [6.07, 6.45) is 7.15. The van der Waals surface area contributed by atoms with E-state index in [1.165, 1.54) is 51.0 Å². The smallest absolute Gasteiger partial charge is 0.0543 e. The minimum Gasteiger partial charge on any atom is -0.317 e. The second kappa shape index (κ2) is 7.01. The van der Waals surface area contributed by atoms with E-state index in [0.717, 1.165) is 6.54 Å². The summed E-state index contributed by atoms with van der Waals surface area (Å²) >= 11 is 0. The zero-order chi connectivity index (χ0) is 13.6. The Morgan fingerprint density at radius 2 is 2.11 bits per heavy atom. The highest BCUT2D eigenvalue weighted by molar-refractivity contribution is 5.03. The van der Waals surface area contributed by atoms with Gasteiger partial charge in [0.1, 0.15) is 0 Å². The van der Waals surface area contributed by atoms with E-state index < -0.39 is 0 Å². The monoisotopic (exact) mass is 261 g/mol. The van der Waals surface area contributed by atoms with Gasteiger partial charge >= 0.3 is 0 Å². The molecule has 1 aliphatic heterocycles. The van der Waals surface area contributed by atoms with Crippen LogP contribution in [0.2, 0.25) is 0 Å². The molecule has 1 N–H and O–H groups in total. The Labute approximate surface area is 117 Å². The van der Waals surface area contributed by atoms with Crippen LogP contribution in [-0.4, -0.2) is 36.6 Å². The Balaban J connectivity index is 1.93. The lowest BCUT2D eigenvalue weighted by atomic mass is 9.75. The van der Waals surface area contributed by atoms with E-state index in [1.54, 1.807) is 0 Å². The van der Waals surface area contributed by atoms with Crippen molar-refractivity contribution in [1.82, 2.24) is 15.2 Å². The first-order chi connectivity index (χ1) is 9.24. The van der Waals surface area contributed by atoms with Crippen LogP contribution < -0.4 is 5.32 Å². The molecule has 0 saturated carbocycles. The molecule has 0 unspecified atom stereocenters. The molecule has 0 aromatic carbocycles. The van der Waals surface area contributed by atoms with Crippen LogP contribution in [-0.2, 0) is 6.54 Å². The van der Waals surface area contributed by atoms with Gasteiger partial charge in [-0.2, -0.15) is 0 Å². The molecule has 1 aromatic heterocycles. The van der Waals surface area contributed by atoms with Crippen LogP contribution in [0.1, 0.15) is 38.3 Å². The van der Waals surface area contributed by atoms with E-state index in [1.807, 2.05) is 12.3 Å². The van der Waals surface area contributed by atoms with Gasteiger partial charge in [-0.15, -0.1) is 0 Å². The molecule has 0 bridgehead atoms. The number of hydrogen-bond donors (Lipinski definition) is 1. The Hall–Kier alpha value is -0.930. The molecule has 2 heterocycles. The molecule has 0 atom stereocenters. The SMILES string of the molecule is CCCC1(CN(C)Cc2ccccn2)CCNCC1. The third-order valence-corrected chi connectivity index (χ3v) is 4.21. The predicted molar refractivity (Wildman–Crippen MR) is 80.0 cm³/mol. The lowest BCUT2D eigenvalue weighted by Crippen LogP contribution is -2.43. The topological polar surface area (TPSA) is 28.2 Å². The van der Waals surface area contributed by atoms with E-state index in [2.05, 4.69) is 41.3 Å². The van der Waals surface area contributed by atoms with E-state index >= 15 is 0 Å². The molecule has 0 amide bonds. The van der Waals surface area contributed by atoms with Gasteiger partial charge < -0.3 is 5.32 Å². The number of nitrogens with one attached hydrogen (secondary N) is 1. The Morgan fingerprint density at radius 3 is 2.74 bits per heavy atom. The molecule has 3 heteroatoms. The molecule has 19 heavy (non-hydrogen) atoms. The minimum absolute atomic E-state index is 0.517. The van der Waals surface area contributed by atoms with Gasteiger partial charge in [0.25, 0.3) is 0 Å². The zero-order valence-corrected chi connectivity index (χ0v) is 12.4. The molecule has 2 rings (SSSR count). The second-order valence-electron chi connectivity index (χ2n) is 5.99. The van der Waals surface area contributed by atoms with Crippen LogP contribution in [0.3, 0.4) is 0 Å². The predicted octanol–water partition coefficient (Wildman–Crippen LogP) is 2.68. The van der Waals surface area contributed by atoms with E-state index in [9.17, 15) is 0 Å². The van der Waals surface area contributed by atoms with Gasteiger partial charge in [0.2, 0.25) is 0 Å². The quantitative estimate of drug-likeness (QED) is 0.853. The average molecular weight is 261 g/mol. The van der Waals surface area contributed by atoms with Crippen molar-refractivity contribution < 1.29 is 0 Å². The summed E-state index contributed by atoms with van der Waals surface area (Å²) in [5.74, 6) is 0. The van der Waals surface area contributed by atoms with Gasteiger partial charge in [-0.05, 0) is 56.9 Å². The molecule has 1 aliphatic rings. The van der Waals surface area contributed by atoms with Gasteiger partial charge in [-0.25, -0.2) is 0 Å². The number of rotatable bonds is 6. The molecule has 1 fully saturated rings. The summed E-state index contributed by atoms with van der Waals surface area (Å²) in [5, 5.41) is 3.49. The number of aromatic nitrogens is 1. The second-order valence-corrected chi connectivity index (χ2v) is 5.99. The zero-order valence-electron chi connectivity index (χ0n) is 12.4. The van der Waals surface area contributed by atoms with Crippen LogP contribution in [0.5, 0.6) is 0 Å². The van der Waals surface area contributed by atoms with E-state index in [-0.39, 0.29) is 0 Å². The summed E-state index contributed by atoms with van der Waals surface area (Å²) in [4.78, 5) is 6.87. The maximum atomic E-state index is 4.43. The normalized spacial score (nSPS) is 18.7. The van der Waals surface area contributed by atoms with Crippen molar-refractivity contribution in [3.63, 3.8) is 0 Å². The number of piperidine rings is 1. The van der Waals surface area contributed by atoms with E-state index in [0.29, 0.717) is 5.41 Å². The highest BCUT2D eigenvalue weighted by Crippen LogP contribution is 2.34. The van der Waals surface area contributed by atoms with Crippen LogP contribution in [0.15, 0.2) is 24.4 Å². The Kier molecular flexibility index (Phi) is 5.34. The molecule has 1 aromatic rings. The third-order valence-electron chi connectivity index (χ3n) is 4.21. The summed E-state index contributed by atoms with van der Waals surface area (Å²) in [5.41, 5.74) is 1.69. The summed E-state index contributed by atoms with van der Waals surface area (Å²) in [7, 11) is 2.23. The number of nitrogens with zero attached hydrogens (tertiary/aromatic N) is 2. The first-order valence-electron chi connectivity index (χ1n) is 7.53. The molecule has 0 spiro atoms. The van der Waals surface area contributed by atoms with Crippen molar-refractivity contribution in [3.05, 3.63) is 30.1 Å². The van der Waals surface area contributed by atoms with Crippen molar-refractivity contribution in [2.75, 3.05) is 26.7 Å². The van der Waals surface area contributed by atoms with Gasteiger partial charge in [0.05, 0.1) is 5.69 Å². The maximum Gasteiger partial charge on any atom is 0.0543 e. The Morgan fingerprint density at radius 1 is 1.32 bits per heavy atom. The van der Waals surface area contributed by atoms with Crippen LogP contribution in [0.4, 0.5) is 0 Å². The molecular weight excluding hydrogens is 234 g/mol. The lowest BCUT2D eigenvalue weighted by Gasteiger charge is -2.40. The fraction of sp³-hybridized carbons (Fsp3) is 0.688. The van der Waals surface area contributed by atoms with Crippen molar-refractivity contribution in [3.8, 4) is 0 Å². The highest BCUT2D eigenvalue weighted by Gasteiger charge is 2.32. The molecule has 1 saturated heterocycles. The van der Waals surface area contributed by atoms with Crippen molar-refractivity contribution in [1.29, 1.82) is 0 Å². The number of pyridine rings is 1. The first-order valence-corrected chi connectivity index (χ1v) is 7.53. The van der Waals surface area contributed by atoms with Crippen LogP contribution in [0.25, 0.3) is 0 Å². The Bertz CT molecular complexity index is 352. The largest absolute Gasteiger partial charge is 0.317 e. The fourth-order valence-corrected chi connectivity index (χ4v) is 3.37. The van der Waals surface area contributed by atoms with E-state index in [4.69, 9.17) is 0 Å². The maximum absolute atomic E-state index is 4.43. The standard InChI is InChI=1S/C16H27N3/c1-3-7-16(8-11-17-12-9-16)14-19(2)13-15-6-4-5-10-18-15/h4-6,10,17H,3,7-9,11-14H2,1-2H3. The third kappa shape index (κ3) is 4.29. The minimum atomic E-state index is 0.517. The molecule has 0 aliphatic carbocycles. The molecule has 0 radical (unpaired) electrons. The molecule has 106 valence electrons. The van der Waals surface area contributed by atoms with Crippen molar-refractivity contribution >= 4 is 0 Å². The van der Waals surface area contributed by atoms with Crippen molar-refractivity contribution in [2.45, 2.75) is 39.2 Å². The molecular formula is C16H27N3. The fourth-order valence-electron chi connectivity index (χ4n) is 3.37. The van der Waals surface area contributed by atoms with Crippen LogP contribution >= 0.6 is 0 Å². The summed E-state index contributed by atoms with van der Waals surface area (Å²) < 4.78 is 0. The van der Waals surface area contributed by atoms with Crippen LogP contribution in [0, 0.1) is 5.41 Å². The van der Waals surface area contributed by atoms with Gasteiger partial charge in [0.15, 0.2) is 0 Å². The summed E-state index contributed by atoms with van der Waals surface area (Å²) in [6.45, 7) is 6.82. The average Bonchev–Trinajstić information content (AvgIpc) is 2.40.